The molecule has 0 radical (unpaired) electrons. The van der Waals surface area contributed by atoms with Crippen molar-refractivity contribution in [1.29, 1.82) is 0 Å². The van der Waals surface area contributed by atoms with E-state index in [-0.39, 0.29) is 22.0 Å². The summed E-state index contributed by atoms with van der Waals surface area (Å²) in [6.07, 6.45) is 0. The third kappa shape index (κ3) is 6.02. The molecule has 2 rings (SSSR count). The van der Waals surface area contributed by atoms with Crippen LogP contribution in [0.15, 0.2) is 53.4 Å². The van der Waals surface area contributed by atoms with Gasteiger partial charge in [-0.05, 0) is 23.8 Å². The van der Waals surface area contributed by atoms with Crippen molar-refractivity contribution in [2.45, 2.75) is 11.4 Å². The van der Waals surface area contributed by atoms with E-state index >= 15 is 0 Å². The third-order valence-electron chi connectivity index (χ3n) is 3.93. The quantitative estimate of drug-likeness (QED) is 0.616. The molecule has 0 aromatic heterocycles. The lowest BCUT2D eigenvalue weighted by Crippen LogP contribution is -2.39. The Morgan fingerprint density at radius 2 is 1.77 bits per heavy atom. The summed E-state index contributed by atoms with van der Waals surface area (Å²) in [6.45, 7) is -0.612. The highest BCUT2D eigenvalue weighted by Gasteiger charge is 2.24. The van der Waals surface area contributed by atoms with E-state index in [1.54, 1.807) is 24.3 Å². The molecule has 0 aliphatic heterocycles. The highest BCUT2D eigenvalue weighted by Crippen LogP contribution is 2.24. The minimum absolute atomic E-state index is 0.0450. The third-order valence-corrected chi connectivity index (χ3v) is 6.06. The van der Waals surface area contributed by atoms with Gasteiger partial charge in [0, 0.05) is 20.6 Å². The van der Waals surface area contributed by atoms with Crippen molar-refractivity contribution in [2.75, 3.05) is 20.7 Å². The molecule has 0 saturated carbocycles. The van der Waals surface area contributed by atoms with Crippen LogP contribution in [0, 0.1) is 0 Å². The second-order valence-electron chi connectivity index (χ2n) is 6.09. The van der Waals surface area contributed by atoms with Gasteiger partial charge in [-0.2, -0.15) is 4.31 Å². The molecule has 0 aliphatic rings. The molecule has 0 spiro atoms. The van der Waals surface area contributed by atoms with E-state index in [0.29, 0.717) is 0 Å². The summed E-state index contributed by atoms with van der Waals surface area (Å²) in [5, 5.41) is 4.05. The molecule has 2 aromatic carbocycles. The Bertz CT molecular complexity index is 1040. The zero-order chi connectivity index (χ0) is 22.3. The van der Waals surface area contributed by atoms with Crippen molar-refractivity contribution in [3.8, 4) is 0 Å². The number of carbonyl (C=O) groups is 3. The zero-order valence-corrected chi connectivity index (χ0v) is 17.8. The predicted molar refractivity (Wildman–Crippen MR) is 109 cm³/mol. The van der Waals surface area contributed by atoms with Gasteiger partial charge in [-0.3, -0.25) is 10.1 Å². The number of ether oxygens (including phenoxy) is 1. The number of sulfonamides is 1. The van der Waals surface area contributed by atoms with Crippen LogP contribution in [0.4, 0.5) is 4.79 Å². The Kier molecular flexibility index (Phi) is 7.93. The lowest BCUT2D eigenvalue weighted by Gasteiger charge is -2.18. The lowest BCUT2D eigenvalue weighted by molar-refractivity contribution is -0.123. The molecule has 3 amide bonds. The molecular weight excluding hydrogens is 434 g/mol. The summed E-state index contributed by atoms with van der Waals surface area (Å²) in [7, 11) is -1.20. The molecule has 2 N–H and O–H groups in total. The van der Waals surface area contributed by atoms with Crippen molar-refractivity contribution in [3.63, 3.8) is 0 Å². The predicted octanol–water partition coefficient (Wildman–Crippen LogP) is 1.77. The van der Waals surface area contributed by atoms with Gasteiger partial charge in [0.25, 0.3) is 5.91 Å². The number of amides is 3. The van der Waals surface area contributed by atoms with Crippen LogP contribution in [0.1, 0.15) is 15.9 Å². The van der Waals surface area contributed by atoms with Gasteiger partial charge in [-0.25, -0.2) is 18.0 Å². The van der Waals surface area contributed by atoms with Crippen LogP contribution >= 0.6 is 11.6 Å². The number of nitrogens with zero attached hydrogens (tertiary/aromatic N) is 1. The number of esters is 1. The molecule has 0 fully saturated rings. The first-order valence-electron chi connectivity index (χ1n) is 8.63. The van der Waals surface area contributed by atoms with Crippen LogP contribution in [0.25, 0.3) is 0 Å². The number of halogens is 1. The monoisotopic (exact) mass is 453 g/mol. The molecule has 9 nitrogen and oxygen atoms in total. The molecule has 0 heterocycles. The summed E-state index contributed by atoms with van der Waals surface area (Å²) in [5.41, 5.74) is 0.567. The molecule has 0 saturated heterocycles. The lowest BCUT2D eigenvalue weighted by atomic mass is 10.2. The van der Waals surface area contributed by atoms with E-state index in [9.17, 15) is 22.8 Å². The molecule has 0 aliphatic carbocycles. The molecular formula is C19H20ClN3O6S. The van der Waals surface area contributed by atoms with E-state index in [4.69, 9.17) is 16.3 Å². The number of hydrogen-bond acceptors (Lipinski definition) is 6. The van der Waals surface area contributed by atoms with Crippen LogP contribution < -0.4 is 10.6 Å². The van der Waals surface area contributed by atoms with Crippen LogP contribution in [0.3, 0.4) is 0 Å². The number of carbonyl (C=O) groups excluding carboxylic acids is 3. The van der Waals surface area contributed by atoms with Gasteiger partial charge >= 0.3 is 12.0 Å². The largest absolute Gasteiger partial charge is 0.452 e. The van der Waals surface area contributed by atoms with E-state index < -0.39 is 34.5 Å². The van der Waals surface area contributed by atoms with Crippen LogP contribution in [-0.2, 0) is 26.1 Å². The SMILES string of the molecule is CNC(=O)NC(=O)COC(=O)c1cc(S(=O)(=O)N(C)Cc2ccccc2)ccc1Cl. The van der Waals surface area contributed by atoms with E-state index in [2.05, 4.69) is 5.32 Å². The fourth-order valence-electron chi connectivity index (χ4n) is 2.36. The molecule has 11 heteroatoms. The number of urea groups is 1. The van der Waals surface area contributed by atoms with E-state index in [0.717, 1.165) is 15.9 Å². The first-order chi connectivity index (χ1) is 14.1. The smallest absolute Gasteiger partial charge is 0.340 e. The van der Waals surface area contributed by atoms with Crippen molar-refractivity contribution >= 4 is 39.5 Å². The first kappa shape index (κ1) is 23.3. The Morgan fingerprint density at radius 3 is 2.40 bits per heavy atom. The highest BCUT2D eigenvalue weighted by molar-refractivity contribution is 7.89. The molecule has 0 atom stereocenters. The van der Waals surface area contributed by atoms with E-state index in [1.165, 1.54) is 26.2 Å². The van der Waals surface area contributed by atoms with Gasteiger partial charge in [0.2, 0.25) is 10.0 Å². The first-order valence-corrected chi connectivity index (χ1v) is 10.5. The van der Waals surface area contributed by atoms with Crippen LogP contribution in [0.2, 0.25) is 5.02 Å². The van der Waals surface area contributed by atoms with Crippen LogP contribution in [-0.4, -0.2) is 51.3 Å². The van der Waals surface area contributed by atoms with Gasteiger partial charge in [0.05, 0.1) is 15.5 Å². The molecule has 2 aromatic rings. The minimum atomic E-state index is -3.93. The summed E-state index contributed by atoms with van der Waals surface area (Å²) in [5.74, 6) is -1.86. The maximum absolute atomic E-state index is 12.9. The number of benzene rings is 2. The number of hydrogen-bond donors (Lipinski definition) is 2. The molecule has 160 valence electrons. The maximum atomic E-state index is 12.9. The summed E-state index contributed by atoms with van der Waals surface area (Å²) in [6, 6.07) is 11.9. The average molecular weight is 454 g/mol. The van der Waals surface area contributed by atoms with Gasteiger partial charge in [0.1, 0.15) is 0 Å². The van der Waals surface area contributed by atoms with Gasteiger partial charge < -0.3 is 10.1 Å². The number of imide groups is 1. The Balaban J connectivity index is 2.15. The highest BCUT2D eigenvalue weighted by atomic mass is 35.5. The van der Waals surface area contributed by atoms with Gasteiger partial charge in [-0.15, -0.1) is 0 Å². The summed E-state index contributed by atoms with van der Waals surface area (Å²) >= 11 is 6.00. The standard InChI is InChI=1S/C19H20ClN3O6S/c1-21-19(26)22-17(24)12-29-18(25)15-10-14(8-9-16(15)20)30(27,28)23(2)11-13-6-4-3-5-7-13/h3-10H,11-12H2,1-2H3,(H2,21,22,24,26). The normalized spacial score (nSPS) is 11.1. The summed E-state index contributed by atoms with van der Waals surface area (Å²) in [4.78, 5) is 34.7. The van der Waals surface area contributed by atoms with Crippen molar-refractivity contribution in [3.05, 3.63) is 64.7 Å². The molecule has 0 unspecified atom stereocenters. The van der Waals surface area contributed by atoms with Crippen molar-refractivity contribution < 1.29 is 27.5 Å². The average Bonchev–Trinajstić information content (AvgIpc) is 2.72. The topological polar surface area (TPSA) is 122 Å². The Labute approximate surface area is 179 Å². The fourth-order valence-corrected chi connectivity index (χ4v) is 3.74. The minimum Gasteiger partial charge on any atom is -0.452 e. The maximum Gasteiger partial charge on any atom is 0.340 e. The van der Waals surface area contributed by atoms with Gasteiger partial charge in [-0.1, -0.05) is 41.9 Å². The zero-order valence-electron chi connectivity index (χ0n) is 16.2. The number of nitrogens with one attached hydrogen (secondary N) is 2. The Hall–Kier alpha value is -2.95. The van der Waals surface area contributed by atoms with Crippen molar-refractivity contribution in [1.82, 2.24) is 14.9 Å². The molecule has 30 heavy (non-hydrogen) atoms. The van der Waals surface area contributed by atoms with Gasteiger partial charge in [0.15, 0.2) is 6.61 Å². The Morgan fingerprint density at radius 1 is 1.10 bits per heavy atom. The summed E-state index contributed by atoms with van der Waals surface area (Å²) < 4.78 is 31.7. The second kappa shape index (κ2) is 10.2. The van der Waals surface area contributed by atoms with Crippen molar-refractivity contribution in [2.24, 2.45) is 0 Å². The second-order valence-corrected chi connectivity index (χ2v) is 8.54. The fraction of sp³-hybridized carbons (Fsp3) is 0.211. The number of rotatable bonds is 7. The van der Waals surface area contributed by atoms with Crippen LogP contribution in [0.5, 0.6) is 0 Å². The van der Waals surface area contributed by atoms with E-state index in [1.807, 2.05) is 11.4 Å². The molecule has 0 bridgehead atoms.